The highest BCUT2D eigenvalue weighted by molar-refractivity contribution is 5.47. The summed E-state index contributed by atoms with van der Waals surface area (Å²) in [6.07, 6.45) is 4.97. The predicted molar refractivity (Wildman–Crippen MR) is 72.3 cm³/mol. The molecule has 0 fully saturated rings. The molecule has 0 aliphatic heterocycles. The normalized spacial score (nSPS) is 11.1. The highest BCUT2D eigenvalue weighted by atomic mass is 15.3. The van der Waals surface area contributed by atoms with Crippen LogP contribution in [0.15, 0.2) is 43.5 Å². The van der Waals surface area contributed by atoms with Gasteiger partial charge in [-0.15, -0.1) is 0 Å². The van der Waals surface area contributed by atoms with Gasteiger partial charge in [-0.05, 0) is 17.2 Å². The molecule has 1 aromatic carbocycles. The molecule has 86 valence electrons. The van der Waals surface area contributed by atoms with Gasteiger partial charge in [0.25, 0.3) is 0 Å². The van der Waals surface area contributed by atoms with Crippen molar-refractivity contribution < 1.29 is 4.48 Å². The van der Waals surface area contributed by atoms with E-state index in [4.69, 9.17) is 0 Å². The van der Waals surface area contributed by atoms with E-state index in [9.17, 15) is 0 Å². The number of quaternary nitrogens is 1. The summed E-state index contributed by atoms with van der Waals surface area (Å²) in [5.41, 5.74) is 2.57. The van der Waals surface area contributed by atoms with Crippen molar-refractivity contribution in [2.45, 2.75) is 6.42 Å². The molecule has 1 nitrogen and oxygen atoms in total. The maximum atomic E-state index is 3.80. The van der Waals surface area contributed by atoms with E-state index in [1.54, 1.807) is 0 Å². The molecule has 1 rings (SSSR count). The molecule has 0 aromatic heterocycles. The van der Waals surface area contributed by atoms with Gasteiger partial charge in [0.05, 0.1) is 27.2 Å². The molecule has 1 aromatic rings. The van der Waals surface area contributed by atoms with Crippen molar-refractivity contribution in [1.29, 1.82) is 0 Å². The minimum atomic E-state index is 0.993. The first-order valence-corrected chi connectivity index (χ1v) is 5.72. The third kappa shape index (κ3) is 4.03. The zero-order chi connectivity index (χ0) is 12.0. The summed E-state index contributed by atoms with van der Waals surface area (Å²) in [7, 11) is 4.47. The van der Waals surface area contributed by atoms with Gasteiger partial charge >= 0.3 is 0 Å². The average Bonchev–Trinajstić information content (AvgIpc) is 2.27. The number of hydrogen-bond donors (Lipinski definition) is 0. The first-order valence-electron chi connectivity index (χ1n) is 5.72. The van der Waals surface area contributed by atoms with E-state index in [1.807, 2.05) is 12.2 Å². The molecular formula is C15H22N+. The van der Waals surface area contributed by atoms with Crippen LogP contribution in [-0.4, -0.2) is 31.7 Å². The Morgan fingerprint density at radius 2 is 1.75 bits per heavy atom. The lowest BCUT2D eigenvalue weighted by Gasteiger charge is -2.28. The lowest BCUT2D eigenvalue weighted by molar-refractivity contribution is -0.884. The van der Waals surface area contributed by atoms with Crippen molar-refractivity contribution >= 4 is 6.08 Å². The van der Waals surface area contributed by atoms with Gasteiger partial charge in [-0.3, -0.25) is 0 Å². The van der Waals surface area contributed by atoms with Crippen molar-refractivity contribution in [3.05, 3.63) is 54.6 Å². The molecular weight excluding hydrogens is 194 g/mol. The van der Waals surface area contributed by atoms with Crippen LogP contribution < -0.4 is 0 Å². The maximum Gasteiger partial charge on any atom is 0.0967 e. The Bertz CT molecular complexity index is 346. The Balaban J connectivity index is 2.54. The summed E-state index contributed by atoms with van der Waals surface area (Å²) in [6, 6.07) is 8.61. The molecule has 0 aliphatic rings. The summed E-state index contributed by atoms with van der Waals surface area (Å²) in [5.74, 6) is 0. The summed E-state index contributed by atoms with van der Waals surface area (Å²) < 4.78 is 0.993. The summed E-state index contributed by atoms with van der Waals surface area (Å²) >= 11 is 0. The van der Waals surface area contributed by atoms with Crippen molar-refractivity contribution in [3.63, 3.8) is 0 Å². The monoisotopic (exact) mass is 216 g/mol. The first kappa shape index (κ1) is 12.7. The Kier molecular flexibility index (Phi) is 4.51. The molecule has 0 radical (unpaired) electrons. The van der Waals surface area contributed by atoms with Gasteiger partial charge in [0.15, 0.2) is 0 Å². The van der Waals surface area contributed by atoms with Gasteiger partial charge in [0.2, 0.25) is 0 Å². The van der Waals surface area contributed by atoms with Crippen LogP contribution in [0.3, 0.4) is 0 Å². The second kappa shape index (κ2) is 5.66. The topological polar surface area (TPSA) is 0 Å². The minimum absolute atomic E-state index is 0.993. The third-order valence-electron chi connectivity index (χ3n) is 2.84. The number of hydrogen-bond acceptors (Lipinski definition) is 0. The van der Waals surface area contributed by atoms with Crippen LogP contribution in [-0.2, 0) is 6.42 Å². The largest absolute Gasteiger partial charge is 0.325 e. The number of likely N-dealkylation sites (N-methyl/N-ethyl adjacent to an activating group) is 1. The second-order valence-corrected chi connectivity index (χ2v) is 4.83. The van der Waals surface area contributed by atoms with E-state index in [0.717, 1.165) is 24.0 Å². The van der Waals surface area contributed by atoms with E-state index in [-0.39, 0.29) is 0 Å². The lowest BCUT2D eigenvalue weighted by atomic mass is 10.1. The van der Waals surface area contributed by atoms with Gasteiger partial charge in [-0.1, -0.05) is 43.5 Å². The van der Waals surface area contributed by atoms with E-state index in [1.165, 1.54) is 11.1 Å². The average molecular weight is 216 g/mol. The van der Waals surface area contributed by atoms with Crippen LogP contribution in [0.2, 0.25) is 0 Å². The van der Waals surface area contributed by atoms with Crippen LogP contribution in [0.1, 0.15) is 11.1 Å². The number of benzene rings is 1. The van der Waals surface area contributed by atoms with Crippen LogP contribution in [0.25, 0.3) is 6.08 Å². The smallest absolute Gasteiger partial charge is 0.0967 e. The zero-order valence-electron chi connectivity index (χ0n) is 10.4. The van der Waals surface area contributed by atoms with E-state index >= 15 is 0 Å². The fourth-order valence-electron chi connectivity index (χ4n) is 1.69. The fraction of sp³-hybridized carbons (Fsp3) is 0.333. The minimum Gasteiger partial charge on any atom is -0.325 e. The Hall–Kier alpha value is -1.34. The first-order chi connectivity index (χ1) is 7.57. The standard InChI is InChI=1S/C15H22N/c1-5-12-16(3,4)13-11-15-9-7-14(6-2)8-10-15/h5-10H,1-2,11-13H2,3-4H3/q+1. The second-order valence-electron chi connectivity index (χ2n) is 4.83. The SMILES string of the molecule is C=CC[N+](C)(C)CCc1ccc(C=C)cc1. The van der Waals surface area contributed by atoms with E-state index in [2.05, 4.69) is 51.5 Å². The lowest BCUT2D eigenvalue weighted by Crippen LogP contribution is -2.41. The number of rotatable bonds is 6. The molecule has 0 heterocycles. The highest BCUT2D eigenvalue weighted by Gasteiger charge is 2.11. The van der Waals surface area contributed by atoms with Crippen molar-refractivity contribution in [1.82, 2.24) is 0 Å². The van der Waals surface area contributed by atoms with Crippen molar-refractivity contribution in [2.24, 2.45) is 0 Å². The van der Waals surface area contributed by atoms with Crippen LogP contribution >= 0.6 is 0 Å². The predicted octanol–water partition coefficient (Wildman–Crippen LogP) is 3.13. The molecule has 0 N–H and O–H groups in total. The molecule has 0 saturated heterocycles. The number of nitrogens with zero attached hydrogens (tertiary/aromatic N) is 1. The van der Waals surface area contributed by atoms with E-state index < -0.39 is 0 Å². The third-order valence-corrected chi connectivity index (χ3v) is 2.84. The summed E-state index contributed by atoms with van der Waals surface area (Å²) in [5, 5.41) is 0. The Morgan fingerprint density at radius 3 is 2.25 bits per heavy atom. The molecule has 0 amide bonds. The summed E-state index contributed by atoms with van der Waals surface area (Å²) in [6.45, 7) is 9.71. The van der Waals surface area contributed by atoms with Crippen molar-refractivity contribution in [3.8, 4) is 0 Å². The fourth-order valence-corrected chi connectivity index (χ4v) is 1.69. The molecule has 1 heteroatoms. The quantitative estimate of drug-likeness (QED) is 0.506. The maximum absolute atomic E-state index is 3.80. The van der Waals surface area contributed by atoms with E-state index in [0.29, 0.717) is 0 Å². The molecule has 0 saturated carbocycles. The molecule has 0 aliphatic carbocycles. The van der Waals surface area contributed by atoms with Gasteiger partial charge in [0.1, 0.15) is 0 Å². The van der Waals surface area contributed by atoms with Crippen LogP contribution in [0, 0.1) is 0 Å². The summed E-state index contributed by atoms with van der Waals surface area (Å²) in [4.78, 5) is 0. The molecule has 0 atom stereocenters. The molecule has 0 spiro atoms. The highest BCUT2D eigenvalue weighted by Crippen LogP contribution is 2.08. The molecule has 0 unspecified atom stereocenters. The van der Waals surface area contributed by atoms with Gasteiger partial charge in [0, 0.05) is 6.42 Å². The van der Waals surface area contributed by atoms with Gasteiger partial charge in [-0.25, -0.2) is 0 Å². The van der Waals surface area contributed by atoms with Crippen molar-refractivity contribution in [2.75, 3.05) is 27.2 Å². The Labute approximate surface area is 99.3 Å². The van der Waals surface area contributed by atoms with Gasteiger partial charge in [-0.2, -0.15) is 0 Å². The molecule has 16 heavy (non-hydrogen) atoms. The van der Waals surface area contributed by atoms with Crippen LogP contribution in [0.5, 0.6) is 0 Å². The molecule has 0 bridgehead atoms. The zero-order valence-corrected chi connectivity index (χ0v) is 10.4. The van der Waals surface area contributed by atoms with Crippen LogP contribution in [0.4, 0.5) is 0 Å². The van der Waals surface area contributed by atoms with Gasteiger partial charge < -0.3 is 4.48 Å². The Morgan fingerprint density at radius 1 is 1.12 bits per heavy atom.